The van der Waals surface area contributed by atoms with E-state index in [-0.39, 0.29) is 11.3 Å². The van der Waals surface area contributed by atoms with Crippen LogP contribution in [0.5, 0.6) is 0 Å². The molecule has 0 spiro atoms. The SMILES string of the molecule is CN=C(NCc1ccn(C)c1)NCC1(C(=O)N(C)C)CCCC1. The molecule has 0 bridgehead atoms. The fourth-order valence-electron chi connectivity index (χ4n) is 3.32. The third-order valence-electron chi connectivity index (χ3n) is 4.59. The molecular weight excluding hydrogens is 290 g/mol. The summed E-state index contributed by atoms with van der Waals surface area (Å²) in [6.07, 6.45) is 8.25. The molecule has 1 fully saturated rings. The smallest absolute Gasteiger partial charge is 0.230 e. The summed E-state index contributed by atoms with van der Waals surface area (Å²) in [6.45, 7) is 1.35. The topological polar surface area (TPSA) is 61.7 Å². The van der Waals surface area contributed by atoms with Crippen molar-refractivity contribution < 1.29 is 4.79 Å². The van der Waals surface area contributed by atoms with Gasteiger partial charge in [-0.05, 0) is 24.5 Å². The van der Waals surface area contributed by atoms with Gasteiger partial charge in [0.25, 0.3) is 0 Å². The highest BCUT2D eigenvalue weighted by Crippen LogP contribution is 2.38. The molecule has 1 aromatic rings. The summed E-state index contributed by atoms with van der Waals surface area (Å²) in [7, 11) is 7.44. The van der Waals surface area contributed by atoms with E-state index in [0.29, 0.717) is 6.54 Å². The lowest BCUT2D eigenvalue weighted by molar-refractivity contribution is -0.138. The lowest BCUT2D eigenvalue weighted by Crippen LogP contribution is -2.49. The van der Waals surface area contributed by atoms with E-state index in [9.17, 15) is 4.79 Å². The van der Waals surface area contributed by atoms with E-state index in [0.717, 1.165) is 38.2 Å². The Balaban J connectivity index is 1.92. The molecule has 1 aromatic heterocycles. The van der Waals surface area contributed by atoms with Gasteiger partial charge in [-0.15, -0.1) is 0 Å². The van der Waals surface area contributed by atoms with E-state index in [1.807, 2.05) is 31.9 Å². The van der Waals surface area contributed by atoms with Gasteiger partial charge in [0.2, 0.25) is 5.91 Å². The number of aromatic nitrogens is 1. The Hall–Kier alpha value is -1.98. The standard InChI is InChI=1S/C17H29N5O/c1-18-16(19-11-14-7-10-22(4)12-14)20-13-17(8-5-6-9-17)15(23)21(2)3/h7,10,12H,5-6,8-9,11,13H2,1-4H3,(H2,18,19,20). The van der Waals surface area contributed by atoms with Crippen LogP contribution in [0.3, 0.4) is 0 Å². The predicted molar refractivity (Wildman–Crippen MR) is 93.2 cm³/mol. The molecule has 23 heavy (non-hydrogen) atoms. The minimum Gasteiger partial charge on any atom is -0.357 e. The molecule has 1 amide bonds. The van der Waals surface area contributed by atoms with Crippen molar-refractivity contribution in [2.45, 2.75) is 32.2 Å². The first-order chi connectivity index (χ1) is 11.0. The number of guanidine groups is 1. The van der Waals surface area contributed by atoms with Crippen molar-refractivity contribution in [2.24, 2.45) is 17.5 Å². The molecule has 1 aliphatic carbocycles. The van der Waals surface area contributed by atoms with E-state index in [1.54, 1.807) is 11.9 Å². The summed E-state index contributed by atoms with van der Waals surface area (Å²) in [4.78, 5) is 18.6. The van der Waals surface area contributed by atoms with Crippen LogP contribution in [0, 0.1) is 5.41 Å². The van der Waals surface area contributed by atoms with Crippen LogP contribution >= 0.6 is 0 Å². The number of amides is 1. The maximum atomic E-state index is 12.6. The van der Waals surface area contributed by atoms with E-state index >= 15 is 0 Å². The molecule has 6 heteroatoms. The first-order valence-electron chi connectivity index (χ1n) is 8.24. The van der Waals surface area contributed by atoms with E-state index in [1.165, 1.54) is 5.56 Å². The zero-order valence-corrected chi connectivity index (χ0v) is 14.7. The summed E-state index contributed by atoms with van der Waals surface area (Å²) in [5.74, 6) is 0.965. The Labute approximate surface area is 139 Å². The number of hydrogen-bond acceptors (Lipinski definition) is 2. The number of nitrogens with one attached hydrogen (secondary N) is 2. The normalized spacial score (nSPS) is 17.1. The van der Waals surface area contributed by atoms with Crippen LogP contribution in [0.1, 0.15) is 31.2 Å². The highest BCUT2D eigenvalue weighted by Gasteiger charge is 2.42. The largest absolute Gasteiger partial charge is 0.357 e. The van der Waals surface area contributed by atoms with Gasteiger partial charge in [-0.25, -0.2) is 0 Å². The van der Waals surface area contributed by atoms with Gasteiger partial charge in [-0.1, -0.05) is 12.8 Å². The monoisotopic (exact) mass is 319 g/mol. The third kappa shape index (κ3) is 4.27. The van der Waals surface area contributed by atoms with Crippen molar-refractivity contribution in [3.05, 3.63) is 24.0 Å². The molecule has 128 valence electrons. The van der Waals surface area contributed by atoms with Crippen LogP contribution in [0.15, 0.2) is 23.5 Å². The molecule has 0 aromatic carbocycles. The van der Waals surface area contributed by atoms with Crippen LogP contribution in [-0.4, -0.2) is 49.0 Å². The average Bonchev–Trinajstić information content (AvgIpc) is 3.16. The number of rotatable bonds is 5. The lowest BCUT2D eigenvalue weighted by atomic mass is 9.84. The molecule has 0 saturated heterocycles. The molecule has 1 heterocycles. The molecule has 0 unspecified atom stereocenters. The summed E-state index contributed by atoms with van der Waals surface area (Å²) < 4.78 is 2.02. The molecule has 0 aliphatic heterocycles. The van der Waals surface area contributed by atoms with E-state index in [4.69, 9.17) is 0 Å². The van der Waals surface area contributed by atoms with Gasteiger partial charge in [-0.2, -0.15) is 0 Å². The first-order valence-corrected chi connectivity index (χ1v) is 8.24. The second-order valence-electron chi connectivity index (χ2n) is 6.65. The number of carbonyl (C=O) groups excluding carboxylic acids is 1. The van der Waals surface area contributed by atoms with Crippen molar-refractivity contribution >= 4 is 11.9 Å². The fraction of sp³-hybridized carbons (Fsp3) is 0.647. The van der Waals surface area contributed by atoms with Crippen LogP contribution in [-0.2, 0) is 18.4 Å². The van der Waals surface area contributed by atoms with Crippen LogP contribution in [0.4, 0.5) is 0 Å². The molecule has 6 nitrogen and oxygen atoms in total. The third-order valence-corrected chi connectivity index (χ3v) is 4.59. The highest BCUT2D eigenvalue weighted by atomic mass is 16.2. The maximum Gasteiger partial charge on any atom is 0.230 e. The van der Waals surface area contributed by atoms with Crippen molar-refractivity contribution in [3.63, 3.8) is 0 Å². The number of carbonyl (C=O) groups is 1. The summed E-state index contributed by atoms with van der Waals surface area (Å²) in [6, 6.07) is 2.08. The second kappa shape index (κ2) is 7.53. The Morgan fingerprint density at radius 3 is 2.57 bits per heavy atom. The van der Waals surface area contributed by atoms with E-state index in [2.05, 4.69) is 27.9 Å². The maximum absolute atomic E-state index is 12.6. The van der Waals surface area contributed by atoms with Gasteiger partial charge in [0.15, 0.2) is 5.96 Å². The molecule has 1 saturated carbocycles. The molecule has 1 aliphatic rings. The number of aliphatic imine (C=N–C) groups is 1. The zero-order chi connectivity index (χ0) is 16.9. The van der Waals surface area contributed by atoms with Gasteiger partial charge in [0.05, 0.1) is 5.41 Å². The van der Waals surface area contributed by atoms with Gasteiger partial charge in [0, 0.05) is 53.7 Å². The van der Waals surface area contributed by atoms with Crippen molar-refractivity contribution in [3.8, 4) is 0 Å². The van der Waals surface area contributed by atoms with Gasteiger partial charge >= 0.3 is 0 Å². The van der Waals surface area contributed by atoms with Crippen molar-refractivity contribution in [1.29, 1.82) is 0 Å². The fourth-order valence-corrected chi connectivity index (χ4v) is 3.32. The summed E-state index contributed by atoms with van der Waals surface area (Å²) in [5.41, 5.74) is 0.920. The molecule has 2 N–H and O–H groups in total. The first kappa shape index (κ1) is 17.4. The Morgan fingerprint density at radius 1 is 1.35 bits per heavy atom. The minimum atomic E-state index is -0.284. The number of aryl methyl sites for hydroxylation is 1. The van der Waals surface area contributed by atoms with Crippen LogP contribution in [0.25, 0.3) is 0 Å². The lowest BCUT2D eigenvalue weighted by Gasteiger charge is -2.31. The van der Waals surface area contributed by atoms with Gasteiger partial charge < -0.3 is 20.1 Å². The predicted octanol–water partition coefficient (Wildman–Crippen LogP) is 1.34. The number of hydrogen-bond donors (Lipinski definition) is 2. The summed E-state index contributed by atoms with van der Waals surface area (Å²) in [5, 5.41) is 6.66. The highest BCUT2D eigenvalue weighted by molar-refractivity contribution is 5.85. The van der Waals surface area contributed by atoms with Crippen LogP contribution < -0.4 is 10.6 Å². The van der Waals surface area contributed by atoms with Crippen molar-refractivity contribution in [2.75, 3.05) is 27.7 Å². The van der Waals surface area contributed by atoms with Crippen LogP contribution in [0.2, 0.25) is 0 Å². The number of nitrogens with zero attached hydrogens (tertiary/aromatic N) is 3. The van der Waals surface area contributed by atoms with Gasteiger partial charge in [-0.3, -0.25) is 9.79 Å². The minimum absolute atomic E-state index is 0.223. The summed E-state index contributed by atoms with van der Waals surface area (Å²) >= 11 is 0. The Kier molecular flexibility index (Phi) is 5.69. The Morgan fingerprint density at radius 2 is 2.04 bits per heavy atom. The average molecular weight is 319 g/mol. The molecule has 0 atom stereocenters. The molecule has 0 radical (unpaired) electrons. The Bertz CT molecular complexity index is 555. The molecular formula is C17H29N5O. The quantitative estimate of drug-likeness (QED) is 0.636. The zero-order valence-electron chi connectivity index (χ0n) is 14.7. The van der Waals surface area contributed by atoms with Gasteiger partial charge in [0.1, 0.15) is 0 Å². The van der Waals surface area contributed by atoms with E-state index < -0.39 is 0 Å². The van der Waals surface area contributed by atoms with Crippen molar-refractivity contribution in [1.82, 2.24) is 20.1 Å². The molecule has 2 rings (SSSR count). The second-order valence-corrected chi connectivity index (χ2v) is 6.65.